The maximum absolute atomic E-state index is 14.4. The summed E-state index contributed by atoms with van der Waals surface area (Å²) >= 11 is -3.93. The molecular weight excluding hydrogens is 1070 g/mol. The summed E-state index contributed by atoms with van der Waals surface area (Å²) < 4.78 is 33.9. The van der Waals surface area contributed by atoms with E-state index in [2.05, 4.69) is 36.8 Å². The Balaban J connectivity index is 0.877. The van der Waals surface area contributed by atoms with Gasteiger partial charge in [0.05, 0.1) is 44.7 Å². The van der Waals surface area contributed by atoms with Gasteiger partial charge in [0.1, 0.15) is 30.2 Å². The number of hydrogen-bond donors (Lipinski definition) is 7. The maximum atomic E-state index is 14.4. The third kappa shape index (κ3) is 16.7. The zero-order chi connectivity index (χ0) is 57.6. The van der Waals surface area contributed by atoms with E-state index in [1.165, 1.54) is 12.0 Å². The third-order valence-electron chi connectivity index (χ3n) is 14.7. The molecule has 0 radical (unpaired) electrons. The van der Waals surface area contributed by atoms with Gasteiger partial charge in [0.25, 0.3) is 11.9 Å². The molecule has 0 aliphatic carbocycles. The number of methoxy groups -OCH3 is 1. The van der Waals surface area contributed by atoms with Gasteiger partial charge in [-0.25, -0.2) is 0 Å². The molecule has 26 nitrogen and oxygen atoms in total. The lowest BCUT2D eigenvalue weighted by Gasteiger charge is -2.30. The highest BCUT2D eigenvalue weighted by Gasteiger charge is 2.47. The molecule has 3 fully saturated rings. The van der Waals surface area contributed by atoms with E-state index < -0.39 is 142 Å². The first-order chi connectivity index (χ1) is 38.3. The Labute approximate surface area is 465 Å². The topological polar surface area (TPSA) is 330 Å². The second-order valence-corrected chi connectivity index (χ2v) is 21.4. The van der Waals surface area contributed by atoms with Crippen molar-refractivity contribution in [3.05, 3.63) is 64.7 Å². The monoisotopic (exact) mass is 1130 g/mol. The molecular formula is C52H68AlFN10O16. The Morgan fingerprint density at radius 2 is 1.41 bits per heavy atom. The molecule has 3 saturated heterocycles. The number of ether oxygens (including phenoxy) is 2. The standard InChI is InChI=1S/C52H70N10O16.Al.FH/c1-4-30(2)46(50(75)56-36-13-12-33-6-5-7-34-23-38(62(47(33)34)51(36)76)49(74)57-37-24-45(72)78-52(37)77-3)58-41(65)26-53-40(64)25-54-48(73)35(14-15-42(66)67)55-39(63)22-31-8-10-32(11-9-31)27-59-16-18-60(28-43(68)69)20-21-61(19-17-59)29-44(70)71;;/h5-11,30,35-38,46,52H,4,12-29H2,1-3H3,(H,53,64)(H,54,73)(H,55,63)(H,56,75)(H,57,74)(H,58,65)(H,66,67)(H,68,69)(H,70,71);;1H/q;+3;/p-3/t30-,35+,36-,37?,38-,46-,52?;;/m0../s1. The number of nitrogens with zero attached hydrogens (tertiary/aromatic N) is 4. The van der Waals surface area contributed by atoms with Gasteiger partial charge in [-0.1, -0.05) is 62.7 Å². The van der Waals surface area contributed by atoms with Gasteiger partial charge in [-0.2, -0.15) is 0 Å². The van der Waals surface area contributed by atoms with Crippen LogP contribution in [0.3, 0.4) is 0 Å². The van der Waals surface area contributed by atoms with Crippen LogP contribution in [0.2, 0.25) is 0 Å². The highest BCUT2D eigenvalue weighted by Crippen LogP contribution is 2.39. The highest BCUT2D eigenvalue weighted by atomic mass is 27.3. The second kappa shape index (κ2) is 28.4. The SMILES string of the molecule is CC[C@H](C)[C@H](NC(=O)CNC(=O)CNC(=O)[C@@H](CCC(=O)O)NC(=O)Cc1ccc(CN2CCN3CCN(CC2)CC(=O)[O][Al]([F])[O]C(=O)C3)cc1)C(=O)N[C@H]1CCc2cccc3c2N(C1=O)[C@H](C(=O)NC1CC(=O)OC1OC)C3. The molecule has 7 N–H and O–H groups in total. The van der Waals surface area contributed by atoms with Gasteiger partial charge in [0.2, 0.25) is 47.6 Å². The van der Waals surface area contributed by atoms with Gasteiger partial charge in [-0.3, -0.25) is 72.3 Å². The lowest BCUT2D eigenvalue weighted by molar-refractivity contribution is -0.160. The minimum absolute atomic E-state index is 0.117. The number of halogens is 1. The number of nitrogens with one attached hydrogen (secondary N) is 6. The van der Waals surface area contributed by atoms with Crippen molar-refractivity contribution in [1.82, 2.24) is 46.6 Å². The molecule has 7 amide bonds. The van der Waals surface area contributed by atoms with Crippen molar-refractivity contribution >= 4 is 86.2 Å². The summed E-state index contributed by atoms with van der Waals surface area (Å²) in [6.45, 7) is 5.44. The summed E-state index contributed by atoms with van der Waals surface area (Å²) in [5.41, 5.74) is 3.63. The van der Waals surface area contributed by atoms with Crippen molar-refractivity contribution < 1.29 is 78.4 Å². The molecule has 0 saturated carbocycles. The number of carbonyl (C=O) groups excluding carboxylic acids is 10. The minimum atomic E-state index is -3.93. The van der Waals surface area contributed by atoms with Crippen LogP contribution in [0.25, 0.3) is 0 Å². The summed E-state index contributed by atoms with van der Waals surface area (Å²) in [4.78, 5) is 150. The lowest BCUT2D eigenvalue weighted by atomic mass is 9.97. The van der Waals surface area contributed by atoms with Gasteiger partial charge < -0.3 is 57.6 Å². The normalized spacial score (nSPS) is 23.4. The third-order valence-corrected chi connectivity index (χ3v) is 15.6. The molecule has 28 heteroatoms. The van der Waals surface area contributed by atoms with Crippen LogP contribution < -0.4 is 36.8 Å². The van der Waals surface area contributed by atoms with Crippen LogP contribution >= 0.6 is 0 Å². The molecule has 2 aromatic carbocycles. The number of amides is 7. The summed E-state index contributed by atoms with van der Waals surface area (Å²) in [6, 6.07) is 7.25. The fraction of sp³-hybridized carbons (Fsp3) is 0.558. The smallest absolute Gasteiger partial charge is 0.558 e. The van der Waals surface area contributed by atoms with E-state index in [9.17, 15) is 61.4 Å². The number of carbonyl (C=O) groups is 11. The molecule has 0 aromatic heterocycles. The number of aliphatic carboxylic acids is 1. The second-order valence-electron chi connectivity index (χ2n) is 20.4. The van der Waals surface area contributed by atoms with Crippen LogP contribution in [0.15, 0.2) is 42.5 Å². The van der Waals surface area contributed by atoms with Crippen LogP contribution in [0.4, 0.5) is 9.21 Å². The number of para-hydroxylation sites is 1. The van der Waals surface area contributed by atoms with E-state index >= 15 is 0 Å². The van der Waals surface area contributed by atoms with E-state index in [1.807, 2.05) is 40.1 Å². The van der Waals surface area contributed by atoms with E-state index in [4.69, 9.17) is 17.1 Å². The number of rotatable bonds is 21. The van der Waals surface area contributed by atoms with E-state index in [-0.39, 0.29) is 45.2 Å². The fourth-order valence-electron chi connectivity index (χ4n) is 10.2. The van der Waals surface area contributed by atoms with Crippen molar-refractivity contribution in [3.8, 4) is 0 Å². The Morgan fingerprint density at radius 3 is 2.06 bits per heavy atom. The molecule has 7 rings (SSSR count). The zero-order valence-electron chi connectivity index (χ0n) is 44.8. The fourth-order valence-corrected chi connectivity index (χ4v) is 10.8. The average Bonchev–Trinajstić information content (AvgIpc) is 4.09. The number of carboxylic acids is 1. The van der Waals surface area contributed by atoms with Crippen molar-refractivity contribution in [2.75, 3.05) is 77.5 Å². The number of aryl methyl sites for hydroxylation is 1. The van der Waals surface area contributed by atoms with Crippen LogP contribution in [0.1, 0.15) is 68.2 Å². The zero-order valence-corrected chi connectivity index (χ0v) is 46.0. The number of benzene rings is 2. The Bertz CT molecular complexity index is 2640. The average molecular weight is 1140 g/mol. The van der Waals surface area contributed by atoms with Crippen LogP contribution in [-0.2, 0) is 95.6 Å². The molecule has 5 aliphatic heterocycles. The quantitative estimate of drug-likeness (QED) is 0.0507. The van der Waals surface area contributed by atoms with E-state index in [0.29, 0.717) is 69.9 Å². The molecule has 0 spiro atoms. The maximum Gasteiger partial charge on any atom is 1.15 e. The number of esters is 1. The van der Waals surface area contributed by atoms with Gasteiger partial charge in [0.15, 0.2) is 0 Å². The van der Waals surface area contributed by atoms with E-state index in [1.54, 1.807) is 26.0 Å². The lowest BCUT2D eigenvalue weighted by Crippen LogP contribution is -2.59. The number of hydrogen-bond acceptors (Lipinski definition) is 18. The van der Waals surface area contributed by atoms with Crippen LogP contribution in [0.5, 0.6) is 0 Å². The van der Waals surface area contributed by atoms with E-state index in [0.717, 1.165) is 16.7 Å². The minimum Gasteiger partial charge on any atom is -0.558 e. The first-order valence-corrected chi connectivity index (χ1v) is 28.0. The number of carboxylic acid groups (broad SMARTS) is 1. The van der Waals surface area contributed by atoms with Crippen molar-refractivity contribution in [2.24, 2.45) is 5.92 Å². The Kier molecular flexibility index (Phi) is 21.5. The summed E-state index contributed by atoms with van der Waals surface area (Å²) in [5, 5.41) is 24.9. The van der Waals surface area contributed by atoms with Crippen LogP contribution in [-0.4, -0.2) is 209 Å². The molecule has 80 heavy (non-hydrogen) atoms. The van der Waals surface area contributed by atoms with Crippen LogP contribution in [0, 0.1) is 5.92 Å². The Morgan fingerprint density at radius 1 is 0.775 bits per heavy atom. The Hall–Kier alpha value is -7.09. The first-order valence-electron chi connectivity index (χ1n) is 26.7. The molecule has 432 valence electrons. The number of fused-ring (bicyclic) bond motifs is 3. The molecule has 9 atom stereocenters. The first kappa shape index (κ1) is 60.6. The number of cyclic esters (lactones) is 1. The molecule has 4 unspecified atom stereocenters. The van der Waals surface area contributed by atoms with Crippen molar-refractivity contribution in [3.63, 3.8) is 0 Å². The predicted octanol–water partition coefficient (Wildman–Crippen LogP) is -2.39. The summed E-state index contributed by atoms with van der Waals surface area (Å²) in [6.07, 6.45) is -0.899. The summed E-state index contributed by atoms with van der Waals surface area (Å²) in [5.74, 6) is -8.58. The number of anilines is 1. The van der Waals surface area contributed by atoms with Gasteiger partial charge in [0, 0.05) is 65.8 Å². The van der Waals surface area contributed by atoms with Crippen molar-refractivity contribution in [2.45, 2.75) is 108 Å². The molecule has 5 aliphatic rings. The van der Waals surface area contributed by atoms with Gasteiger partial charge in [-0.05, 0) is 47.4 Å². The van der Waals surface area contributed by atoms with Gasteiger partial charge in [-0.15, -0.1) is 0 Å². The highest BCUT2D eigenvalue weighted by molar-refractivity contribution is 6.41. The van der Waals surface area contributed by atoms with Gasteiger partial charge >= 0.3 is 27.2 Å². The predicted molar refractivity (Wildman–Crippen MR) is 279 cm³/mol. The summed E-state index contributed by atoms with van der Waals surface area (Å²) in [7, 11) is 1.34. The molecule has 2 bridgehead atoms. The largest absolute Gasteiger partial charge is 1.15 e. The van der Waals surface area contributed by atoms with Crippen molar-refractivity contribution in [1.29, 1.82) is 0 Å². The molecule has 5 heterocycles. The molecule has 2 aromatic rings.